The highest BCUT2D eigenvalue weighted by molar-refractivity contribution is 5.37. The van der Waals surface area contributed by atoms with Gasteiger partial charge in [0, 0.05) is 11.8 Å². The summed E-state index contributed by atoms with van der Waals surface area (Å²) in [5.74, 6) is 0.207. The molecule has 106 valence electrons. The van der Waals surface area contributed by atoms with Crippen LogP contribution >= 0.6 is 0 Å². The normalized spacial score (nSPS) is 12.0. The van der Waals surface area contributed by atoms with E-state index in [0.29, 0.717) is 23.5 Å². The summed E-state index contributed by atoms with van der Waals surface area (Å²) in [4.78, 5) is 4.02. The van der Waals surface area contributed by atoms with Gasteiger partial charge in [0.25, 0.3) is 0 Å². The number of nitrogens with zero attached hydrogens (tertiary/aromatic N) is 1. The van der Waals surface area contributed by atoms with Gasteiger partial charge >= 0.3 is 0 Å². The Hall–Kier alpha value is -2.14. The molecule has 0 amide bonds. The molecule has 2 aromatic rings. The molecule has 4 nitrogen and oxygen atoms in total. The summed E-state index contributed by atoms with van der Waals surface area (Å²) >= 11 is 0. The number of aliphatic hydroxyl groups is 1. The van der Waals surface area contributed by atoms with Gasteiger partial charge in [0.15, 0.2) is 11.6 Å². The van der Waals surface area contributed by atoms with Gasteiger partial charge in [0.1, 0.15) is 11.9 Å². The van der Waals surface area contributed by atoms with Crippen LogP contribution in [0.25, 0.3) is 0 Å². The van der Waals surface area contributed by atoms with E-state index in [4.69, 9.17) is 9.47 Å². The highest BCUT2D eigenvalue weighted by Gasteiger charge is 2.14. The Balaban J connectivity index is 2.30. The smallest absolute Gasteiger partial charge is 0.165 e. The maximum atomic E-state index is 13.4. The molecule has 1 N–H and O–H groups in total. The van der Waals surface area contributed by atoms with E-state index < -0.39 is 11.9 Å². The lowest BCUT2D eigenvalue weighted by molar-refractivity contribution is 0.218. The quantitative estimate of drug-likeness (QED) is 0.913. The van der Waals surface area contributed by atoms with Crippen molar-refractivity contribution in [2.75, 3.05) is 13.7 Å². The number of aliphatic hydroxyl groups excluding tert-OH is 1. The van der Waals surface area contributed by atoms with Crippen molar-refractivity contribution in [3.8, 4) is 11.5 Å². The number of ether oxygens (including phenoxy) is 2. The molecular formula is C15H16FNO3. The molecule has 20 heavy (non-hydrogen) atoms. The zero-order valence-corrected chi connectivity index (χ0v) is 11.3. The molecule has 0 fully saturated rings. The van der Waals surface area contributed by atoms with Crippen LogP contribution in [0.1, 0.15) is 24.2 Å². The van der Waals surface area contributed by atoms with Gasteiger partial charge < -0.3 is 14.6 Å². The van der Waals surface area contributed by atoms with Crippen molar-refractivity contribution >= 4 is 0 Å². The SMILES string of the molecule is CCOc1cncc(C(O)c2ccc(F)c(OC)c2)c1. The fourth-order valence-corrected chi connectivity index (χ4v) is 1.87. The van der Waals surface area contributed by atoms with Crippen LogP contribution in [0.2, 0.25) is 0 Å². The van der Waals surface area contributed by atoms with Crippen LogP contribution in [0.15, 0.2) is 36.7 Å². The highest BCUT2D eigenvalue weighted by atomic mass is 19.1. The minimum Gasteiger partial charge on any atom is -0.494 e. The molecule has 0 spiro atoms. The Bertz CT molecular complexity index is 589. The minimum atomic E-state index is -0.919. The van der Waals surface area contributed by atoms with E-state index in [0.717, 1.165) is 0 Å². The largest absolute Gasteiger partial charge is 0.494 e. The number of aromatic nitrogens is 1. The van der Waals surface area contributed by atoms with Crippen molar-refractivity contribution in [2.45, 2.75) is 13.0 Å². The molecule has 1 unspecified atom stereocenters. The van der Waals surface area contributed by atoms with E-state index in [1.54, 1.807) is 18.5 Å². The van der Waals surface area contributed by atoms with Crippen LogP contribution in [0, 0.1) is 5.82 Å². The van der Waals surface area contributed by atoms with E-state index in [1.807, 2.05) is 6.92 Å². The maximum Gasteiger partial charge on any atom is 0.165 e. The first-order valence-corrected chi connectivity index (χ1v) is 6.25. The molecule has 0 saturated carbocycles. The van der Waals surface area contributed by atoms with Crippen LogP contribution in [0.4, 0.5) is 4.39 Å². The minimum absolute atomic E-state index is 0.0930. The predicted octanol–water partition coefficient (Wildman–Crippen LogP) is 2.71. The van der Waals surface area contributed by atoms with E-state index >= 15 is 0 Å². The fraction of sp³-hybridized carbons (Fsp3) is 0.267. The van der Waals surface area contributed by atoms with Gasteiger partial charge in [-0.05, 0) is 30.7 Å². The molecule has 0 radical (unpaired) electrons. The second-order valence-electron chi connectivity index (χ2n) is 4.18. The Morgan fingerprint density at radius 3 is 2.75 bits per heavy atom. The molecule has 0 aliphatic rings. The second-order valence-corrected chi connectivity index (χ2v) is 4.18. The number of pyridine rings is 1. The number of rotatable bonds is 5. The summed E-state index contributed by atoms with van der Waals surface area (Å²) < 4.78 is 23.6. The van der Waals surface area contributed by atoms with E-state index in [1.165, 1.54) is 25.3 Å². The monoisotopic (exact) mass is 277 g/mol. The number of methoxy groups -OCH3 is 1. The van der Waals surface area contributed by atoms with Crippen molar-refractivity contribution in [3.05, 3.63) is 53.6 Å². The van der Waals surface area contributed by atoms with Crippen molar-refractivity contribution in [1.82, 2.24) is 4.98 Å². The summed E-state index contributed by atoms with van der Waals surface area (Å²) in [7, 11) is 1.38. The fourth-order valence-electron chi connectivity index (χ4n) is 1.87. The molecule has 0 aliphatic carbocycles. The number of benzene rings is 1. The zero-order chi connectivity index (χ0) is 14.5. The van der Waals surface area contributed by atoms with E-state index in [9.17, 15) is 9.50 Å². The van der Waals surface area contributed by atoms with Crippen LogP contribution in [0.5, 0.6) is 11.5 Å². The predicted molar refractivity (Wildman–Crippen MR) is 72.4 cm³/mol. The van der Waals surface area contributed by atoms with Crippen LogP contribution in [0.3, 0.4) is 0 Å². The van der Waals surface area contributed by atoms with Crippen LogP contribution < -0.4 is 9.47 Å². The number of halogens is 1. The first kappa shape index (κ1) is 14.3. The molecule has 1 aromatic heterocycles. The second kappa shape index (κ2) is 6.34. The maximum absolute atomic E-state index is 13.4. The van der Waals surface area contributed by atoms with Crippen molar-refractivity contribution < 1.29 is 19.0 Å². The Kier molecular flexibility index (Phi) is 4.53. The lowest BCUT2D eigenvalue weighted by Gasteiger charge is -2.13. The molecule has 1 atom stereocenters. The van der Waals surface area contributed by atoms with E-state index in [2.05, 4.69) is 4.98 Å². The third-order valence-electron chi connectivity index (χ3n) is 2.85. The molecule has 0 aliphatic heterocycles. The Labute approximate surface area is 116 Å². The first-order valence-electron chi connectivity index (χ1n) is 6.25. The molecule has 0 bridgehead atoms. The van der Waals surface area contributed by atoms with E-state index in [-0.39, 0.29) is 5.75 Å². The molecular weight excluding hydrogens is 261 g/mol. The Morgan fingerprint density at radius 1 is 1.25 bits per heavy atom. The zero-order valence-electron chi connectivity index (χ0n) is 11.3. The summed E-state index contributed by atoms with van der Waals surface area (Å²) in [6.45, 7) is 2.39. The Morgan fingerprint density at radius 2 is 2.05 bits per heavy atom. The summed E-state index contributed by atoms with van der Waals surface area (Å²) in [5, 5.41) is 10.3. The average molecular weight is 277 g/mol. The standard InChI is InChI=1S/C15H16FNO3/c1-3-20-12-6-11(8-17-9-12)15(18)10-4-5-13(16)14(7-10)19-2/h4-9,15,18H,3H2,1-2H3. The summed E-state index contributed by atoms with van der Waals surface area (Å²) in [6.07, 6.45) is 2.20. The van der Waals surface area contributed by atoms with Gasteiger partial charge in [-0.25, -0.2) is 4.39 Å². The molecule has 0 saturated heterocycles. The summed E-state index contributed by atoms with van der Waals surface area (Å²) in [5.41, 5.74) is 1.10. The molecule has 1 heterocycles. The number of hydrogen-bond donors (Lipinski definition) is 1. The molecule has 5 heteroatoms. The van der Waals surface area contributed by atoms with Gasteiger partial charge in [0.2, 0.25) is 0 Å². The van der Waals surface area contributed by atoms with Gasteiger partial charge in [-0.1, -0.05) is 6.07 Å². The van der Waals surface area contributed by atoms with Gasteiger partial charge in [-0.3, -0.25) is 4.98 Å². The molecule has 2 rings (SSSR count). The highest BCUT2D eigenvalue weighted by Crippen LogP contribution is 2.28. The van der Waals surface area contributed by atoms with Crippen LogP contribution in [-0.2, 0) is 0 Å². The summed E-state index contributed by atoms with van der Waals surface area (Å²) in [6, 6.07) is 5.94. The van der Waals surface area contributed by atoms with Crippen molar-refractivity contribution in [1.29, 1.82) is 0 Å². The lowest BCUT2D eigenvalue weighted by Crippen LogP contribution is -2.02. The van der Waals surface area contributed by atoms with Gasteiger partial charge in [-0.15, -0.1) is 0 Å². The average Bonchev–Trinajstić information content (AvgIpc) is 2.48. The third kappa shape index (κ3) is 3.05. The lowest BCUT2D eigenvalue weighted by atomic mass is 10.0. The van der Waals surface area contributed by atoms with Gasteiger partial charge in [0.05, 0.1) is 19.9 Å². The van der Waals surface area contributed by atoms with Crippen LogP contribution in [-0.4, -0.2) is 23.8 Å². The van der Waals surface area contributed by atoms with Crippen molar-refractivity contribution in [2.24, 2.45) is 0 Å². The van der Waals surface area contributed by atoms with Crippen molar-refractivity contribution in [3.63, 3.8) is 0 Å². The number of hydrogen-bond acceptors (Lipinski definition) is 4. The third-order valence-corrected chi connectivity index (χ3v) is 2.85. The van der Waals surface area contributed by atoms with Gasteiger partial charge in [-0.2, -0.15) is 0 Å². The molecule has 1 aromatic carbocycles. The first-order chi connectivity index (χ1) is 9.65. The topological polar surface area (TPSA) is 51.6 Å².